The van der Waals surface area contributed by atoms with E-state index in [-0.39, 0.29) is 12.1 Å². The van der Waals surface area contributed by atoms with Crippen molar-refractivity contribution < 1.29 is 31.2 Å². The summed E-state index contributed by atoms with van der Waals surface area (Å²) in [4.78, 5) is 24.6. The van der Waals surface area contributed by atoms with Crippen LogP contribution in [0.25, 0.3) is 0 Å². The van der Waals surface area contributed by atoms with Crippen molar-refractivity contribution in [3.63, 3.8) is 0 Å². The molecule has 3 amide bonds. The van der Waals surface area contributed by atoms with Gasteiger partial charge >= 0.3 is 11.5 Å². The molecular weight excluding hydrogens is 423 g/mol. The van der Waals surface area contributed by atoms with E-state index in [1.165, 1.54) is 11.0 Å². The maximum Gasteiger partial charge on any atom is 0.501 e. The highest BCUT2D eigenvalue weighted by molar-refractivity contribution is 7.92. The second kappa shape index (κ2) is 7.63. The summed E-state index contributed by atoms with van der Waals surface area (Å²) >= 11 is 0. The Morgan fingerprint density at radius 3 is 2.40 bits per heavy atom. The zero-order valence-corrected chi connectivity index (χ0v) is 16.5. The van der Waals surface area contributed by atoms with E-state index in [0.29, 0.717) is 11.1 Å². The Hall–Kier alpha value is -3.08. The van der Waals surface area contributed by atoms with Crippen molar-refractivity contribution in [1.82, 2.24) is 5.32 Å². The number of carbonyl (C=O) groups excluding carboxylic acids is 2. The van der Waals surface area contributed by atoms with Gasteiger partial charge in [0.05, 0.1) is 10.9 Å². The summed E-state index contributed by atoms with van der Waals surface area (Å²) in [6.07, 6.45) is -0.0402. The summed E-state index contributed by atoms with van der Waals surface area (Å²) < 4.78 is 62.8. The van der Waals surface area contributed by atoms with Crippen LogP contribution >= 0.6 is 0 Å². The van der Waals surface area contributed by atoms with Crippen molar-refractivity contribution in [2.24, 2.45) is 5.73 Å². The number of anilines is 1. The molecule has 0 spiro atoms. The normalized spacial score (nSPS) is 17.9. The van der Waals surface area contributed by atoms with Crippen molar-refractivity contribution >= 4 is 27.5 Å². The minimum atomic E-state index is -5.60. The third-order valence-electron chi connectivity index (χ3n) is 4.88. The van der Waals surface area contributed by atoms with E-state index < -0.39 is 44.3 Å². The Morgan fingerprint density at radius 2 is 1.83 bits per heavy atom. The molecule has 1 heterocycles. The Balaban J connectivity index is 2.16. The fraction of sp³-hybridized carbons (Fsp3) is 0.263. The lowest BCUT2D eigenvalue weighted by molar-refractivity contribution is -0.121. The van der Waals surface area contributed by atoms with Crippen LogP contribution in [0.4, 0.5) is 23.7 Å². The summed E-state index contributed by atoms with van der Waals surface area (Å²) in [5, 5.41) is 2.33. The van der Waals surface area contributed by atoms with Gasteiger partial charge in [-0.25, -0.2) is 13.2 Å². The number of nitrogens with two attached hydrogens (primary N) is 1. The quantitative estimate of drug-likeness (QED) is 0.760. The molecule has 2 atom stereocenters. The van der Waals surface area contributed by atoms with Gasteiger partial charge in [0.15, 0.2) is 0 Å². The third kappa shape index (κ3) is 3.84. The molecule has 11 heteroatoms. The molecule has 2 aromatic carbocycles. The second-order valence-corrected chi connectivity index (χ2v) is 8.74. The lowest BCUT2D eigenvalue weighted by Gasteiger charge is -2.38. The molecule has 160 valence electrons. The number of hydrogen-bond acceptors (Lipinski definition) is 4. The predicted molar refractivity (Wildman–Crippen MR) is 102 cm³/mol. The van der Waals surface area contributed by atoms with Gasteiger partial charge < -0.3 is 16.0 Å². The van der Waals surface area contributed by atoms with Crippen molar-refractivity contribution in [3.8, 4) is 0 Å². The number of benzene rings is 2. The van der Waals surface area contributed by atoms with Crippen molar-refractivity contribution in [3.05, 3.63) is 59.7 Å². The number of nitrogens with one attached hydrogen (secondary N) is 1. The number of sulfone groups is 1. The largest absolute Gasteiger partial charge is 0.501 e. The fourth-order valence-corrected chi connectivity index (χ4v) is 4.18. The maximum absolute atomic E-state index is 13.1. The molecule has 3 rings (SSSR count). The van der Waals surface area contributed by atoms with Crippen molar-refractivity contribution in [1.29, 1.82) is 0 Å². The Labute approximate surface area is 170 Å². The van der Waals surface area contributed by atoms with Gasteiger partial charge in [0, 0.05) is 12.1 Å². The first-order valence-electron chi connectivity index (χ1n) is 8.81. The summed E-state index contributed by atoms with van der Waals surface area (Å²) in [5.41, 5.74) is 0.761. The summed E-state index contributed by atoms with van der Waals surface area (Å²) in [6, 6.07) is 8.92. The van der Waals surface area contributed by atoms with Crippen LogP contribution in [-0.4, -0.2) is 31.9 Å². The molecule has 3 N–H and O–H groups in total. The molecule has 0 bridgehead atoms. The summed E-state index contributed by atoms with van der Waals surface area (Å²) in [6.45, 7) is 1.65. The topological polar surface area (TPSA) is 110 Å². The standard InChI is InChI=1S/C19H18F3N3O4S/c1-11(12-5-3-2-4-6-12)25-16-10-14(30(28,29)19(20,21)22)8-7-13(16)9-15(17(25)26)24-18(23)27/h2-8,10-11,15H,9H2,1H3,(H3,23,24,27)/t11-,15+/m0/s1. The van der Waals surface area contributed by atoms with Gasteiger partial charge in [-0.3, -0.25) is 4.79 Å². The highest BCUT2D eigenvalue weighted by atomic mass is 32.2. The molecule has 0 aromatic heterocycles. The smallest absolute Gasteiger partial charge is 0.352 e. The number of primary amides is 1. The molecule has 2 aromatic rings. The van der Waals surface area contributed by atoms with E-state index in [1.807, 2.05) is 0 Å². The average molecular weight is 441 g/mol. The Bertz CT molecular complexity index is 1090. The van der Waals surface area contributed by atoms with E-state index >= 15 is 0 Å². The number of rotatable bonds is 4. The number of halogens is 3. The number of alkyl halides is 3. The molecule has 1 aliphatic rings. The van der Waals surface area contributed by atoms with Crippen LogP contribution in [0.2, 0.25) is 0 Å². The molecule has 0 saturated carbocycles. The lowest BCUT2D eigenvalue weighted by Crippen LogP contribution is -2.54. The molecule has 1 aliphatic heterocycles. The fourth-order valence-electron chi connectivity index (χ4n) is 3.40. The molecule has 0 saturated heterocycles. The van der Waals surface area contributed by atoms with Crippen LogP contribution in [0.3, 0.4) is 0 Å². The number of hydrogen-bond donors (Lipinski definition) is 2. The van der Waals surface area contributed by atoms with E-state index in [2.05, 4.69) is 5.32 Å². The first-order valence-corrected chi connectivity index (χ1v) is 10.3. The van der Waals surface area contributed by atoms with E-state index in [0.717, 1.165) is 12.1 Å². The number of carbonyl (C=O) groups is 2. The van der Waals surface area contributed by atoms with Crippen molar-refractivity contribution in [2.45, 2.75) is 35.8 Å². The molecule has 0 unspecified atom stereocenters. The molecule has 0 fully saturated rings. The van der Waals surface area contributed by atoms with Crippen LogP contribution < -0.4 is 16.0 Å². The second-order valence-electron chi connectivity index (χ2n) is 6.80. The summed E-state index contributed by atoms with van der Waals surface area (Å²) in [7, 11) is -5.60. The van der Waals surface area contributed by atoms with E-state index in [9.17, 15) is 31.2 Å². The van der Waals surface area contributed by atoms with E-state index in [4.69, 9.17) is 5.73 Å². The van der Waals surface area contributed by atoms with Crippen LogP contribution in [0.15, 0.2) is 53.4 Å². The van der Waals surface area contributed by atoms with Gasteiger partial charge in [-0.2, -0.15) is 13.2 Å². The monoisotopic (exact) mass is 441 g/mol. The van der Waals surface area contributed by atoms with Crippen LogP contribution in [0.1, 0.15) is 24.1 Å². The average Bonchev–Trinajstić information content (AvgIpc) is 2.67. The Kier molecular flexibility index (Phi) is 5.50. The minimum Gasteiger partial charge on any atom is -0.352 e. The molecule has 0 aliphatic carbocycles. The van der Waals surface area contributed by atoms with Gasteiger partial charge in [0.25, 0.3) is 15.7 Å². The summed E-state index contributed by atoms with van der Waals surface area (Å²) in [5.74, 6) is -0.612. The van der Waals surface area contributed by atoms with Crippen LogP contribution in [-0.2, 0) is 21.1 Å². The molecule has 0 radical (unpaired) electrons. The maximum atomic E-state index is 13.1. The lowest BCUT2D eigenvalue weighted by atomic mass is 9.94. The highest BCUT2D eigenvalue weighted by Gasteiger charge is 2.47. The van der Waals surface area contributed by atoms with E-state index in [1.54, 1.807) is 37.3 Å². The zero-order chi connectivity index (χ0) is 22.3. The number of nitrogens with zero attached hydrogens (tertiary/aromatic N) is 1. The molecule has 30 heavy (non-hydrogen) atoms. The van der Waals surface area contributed by atoms with Gasteiger partial charge in [-0.1, -0.05) is 36.4 Å². The minimum absolute atomic E-state index is 0.0317. The number of urea groups is 1. The third-order valence-corrected chi connectivity index (χ3v) is 6.36. The van der Waals surface area contributed by atoms with Crippen LogP contribution in [0, 0.1) is 0 Å². The highest BCUT2D eigenvalue weighted by Crippen LogP contribution is 2.39. The number of amides is 3. The van der Waals surface area contributed by atoms with Gasteiger partial charge in [-0.15, -0.1) is 0 Å². The van der Waals surface area contributed by atoms with Crippen molar-refractivity contribution in [2.75, 3.05) is 4.90 Å². The molecule has 7 nitrogen and oxygen atoms in total. The zero-order valence-electron chi connectivity index (χ0n) is 15.7. The van der Waals surface area contributed by atoms with Crippen LogP contribution in [0.5, 0.6) is 0 Å². The number of fused-ring (bicyclic) bond motifs is 1. The Morgan fingerprint density at radius 1 is 1.20 bits per heavy atom. The first kappa shape index (κ1) is 21.6. The van der Waals surface area contributed by atoms with Gasteiger partial charge in [-0.05, 0) is 30.2 Å². The molecular formula is C19H18F3N3O4S. The predicted octanol–water partition coefficient (Wildman–Crippen LogP) is 2.67. The van der Waals surface area contributed by atoms with Gasteiger partial charge in [0.1, 0.15) is 6.04 Å². The van der Waals surface area contributed by atoms with Gasteiger partial charge in [0.2, 0.25) is 0 Å². The SMILES string of the molecule is C[C@@H](c1ccccc1)N1C(=O)[C@H](NC(N)=O)Cc2ccc(S(=O)(=O)C(F)(F)F)cc21. The first-order chi connectivity index (χ1) is 13.9.